The minimum Gasteiger partial charge on any atom is -0.258 e. The summed E-state index contributed by atoms with van der Waals surface area (Å²) in [4.78, 5) is 15.0. The summed E-state index contributed by atoms with van der Waals surface area (Å²) in [7, 11) is 0. The highest BCUT2D eigenvalue weighted by molar-refractivity contribution is 8.01. The molecule has 4 nitrogen and oxygen atoms in total. The summed E-state index contributed by atoms with van der Waals surface area (Å²) in [6, 6.07) is 4.85. The van der Waals surface area contributed by atoms with Crippen molar-refractivity contribution in [2.75, 3.05) is 0 Å². The lowest BCUT2D eigenvalue weighted by Gasteiger charge is -2.01. The molecule has 7 heteroatoms. The van der Waals surface area contributed by atoms with Crippen LogP contribution in [0.5, 0.6) is 0 Å². The van der Waals surface area contributed by atoms with Crippen LogP contribution < -0.4 is 0 Å². The zero-order chi connectivity index (χ0) is 11.5. The maximum atomic E-state index is 10.9. The number of hydrogen-bond acceptors (Lipinski definition) is 5. The maximum Gasteiger partial charge on any atom is 0.301 e. The summed E-state index contributed by atoms with van der Waals surface area (Å²) in [5.74, 6) is 0. The van der Waals surface area contributed by atoms with Gasteiger partial charge in [0.05, 0.1) is 9.82 Å². The van der Waals surface area contributed by atoms with Crippen LogP contribution in [0.1, 0.15) is 0 Å². The quantitative estimate of drug-likeness (QED) is 0.629. The number of nitrogens with zero attached hydrogens (tertiary/aromatic N) is 2. The molecular formula is C9H5ClN2O2S2. The molecule has 82 valence electrons. The highest BCUT2D eigenvalue weighted by Crippen LogP contribution is 2.39. The molecule has 0 unspecified atom stereocenters. The van der Waals surface area contributed by atoms with Gasteiger partial charge in [0, 0.05) is 11.6 Å². The number of thiazole rings is 1. The zero-order valence-corrected chi connectivity index (χ0v) is 10.2. The van der Waals surface area contributed by atoms with Crippen molar-refractivity contribution in [2.24, 2.45) is 0 Å². The molecule has 0 saturated heterocycles. The van der Waals surface area contributed by atoms with Crippen molar-refractivity contribution in [3.63, 3.8) is 0 Å². The van der Waals surface area contributed by atoms with Gasteiger partial charge in [-0.2, -0.15) is 0 Å². The first kappa shape index (κ1) is 11.4. The highest BCUT2D eigenvalue weighted by Gasteiger charge is 2.19. The Bertz CT molecular complexity index is 516. The van der Waals surface area contributed by atoms with Crippen LogP contribution in [0.25, 0.3) is 0 Å². The molecule has 0 amide bonds. The number of rotatable bonds is 3. The molecule has 2 aromatic rings. The third kappa shape index (κ3) is 2.34. The van der Waals surface area contributed by atoms with Crippen LogP contribution >= 0.6 is 34.7 Å². The molecule has 0 bridgehead atoms. The summed E-state index contributed by atoms with van der Waals surface area (Å²) in [6.45, 7) is 0. The molecule has 0 N–H and O–H groups in total. The average Bonchev–Trinajstić information content (AvgIpc) is 2.70. The van der Waals surface area contributed by atoms with Crippen molar-refractivity contribution in [1.82, 2.24) is 4.98 Å². The Hall–Kier alpha value is -1.11. The van der Waals surface area contributed by atoms with Crippen LogP contribution in [-0.2, 0) is 0 Å². The van der Waals surface area contributed by atoms with Gasteiger partial charge in [-0.15, -0.1) is 11.3 Å². The second-order valence-corrected chi connectivity index (χ2v) is 5.33. The van der Waals surface area contributed by atoms with Crippen LogP contribution in [-0.4, -0.2) is 9.91 Å². The molecule has 1 heterocycles. The van der Waals surface area contributed by atoms with Crippen molar-refractivity contribution in [2.45, 2.75) is 9.24 Å². The predicted octanol–water partition coefficient (Wildman–Crippen LogP) is 3.86. The molecule has 0 radical (unpaired) electrons. The largest absolute Gasteiger partial charge is 0.301 e. The number of hydrogen-bond donors (Lipinski definition) is 0. The fourth-order valence-electron chi connectivity index (χ4n) is 1.11. The molecule has 0 saturated carbocycles. The first-order valence-corrected chi connectivity index (χ1v) is 6.26. The Morgan fingerprint density at radius 2 is 2.31 bits per heavy atom. The van der Waals surface area contributed by atoms with Crippen molar-refractivity contribution in [1.29, 1.82) is 0 Å². The van der Waals surface area contributed by atoms with Crippen LogP contribution in [0.3, 0.4) is 0 Å². The zero-order valence-electron chi connectivity index (χ0n) is 7.79. The minimum atomic E-state index is -0.474. The number of nitro groups is 1. The second kappa shape index (κ2) is 4.82. The molecule has 2 rings (SSSR count). The number of aromatic nitrogens is 1. The molecule has 0 aliphatic carbocycles. The van der Waals surface area contributed by atoms with Crippen molar-refractivity contribution in [3.8, 4) is 0 Å². The average molecular weight is 273 g/mol. The van der Waals surface area contributed by atoms with Gasteiger partial charge in [-0.25, -0.2) is 4.98 Å². The number of para-hydroxylation sites is 1. The van der Waals surface area contributed by atoms with Crippen LogP contribution in [0.15, 0.2) is 39.0 Å². The number of nitro benzene ring substituents is 1. The van der Waals surface area contributed by atoms with Crippen molar-refractivity contribution < 1.29 is 4.92 Å². The van der Waals surface area contributed by atoms with Gasteiger partial charge in [-0.1, -0.05) is 29.4 Å². The summed E-state index contributed by atoms with van der Waals surface area (Å²) in [5, 5.41) is 12.8. The SMILES string of the molecule is O=[N+]([O-])c1c(Cl)cccc1Sc1nccs1. The summed E-state index contributed by atoms with van der Waals surface area (Å²) >= 11 is 8.47. The molecule has 16 heavy (non-hydrogen) atoms. The van der Waals surface area contributed by atoms with E-state index in [0.717, 1.165) is 4.34 Å². The normalized spacial score (nSPS) is 10.3. The van der Waals surface area contributed by atoms with E-state index in [2.05, 4.69) is 4.98 Å². The highest BCUT2D eigenvalue weighted by atomic mass is 35.5. The Labute approximate surface area is 104 Å². The lowest BCUT2D eigenvalue weighted by Crippen LogP contribution is -1.91. The number of benzene rings is 1. The Kier molecular flexibility index (Phi) is 3.42. The van der Waals surface area contributed by atoms with Crippen LogP contribution in [0, 0.1) is 10.1 Å². The molecule has 1 aromatic carbocycles. The first-order valence-electron chi connectivity index (χ1n) is 4.18. The van der Waals surface area contributed by atoms with Crippen LogP contribution in [0.4, 0.5) is 5.69 Å². The standard InChI is InChI=1S/C9H5ClN2O2S2/c10-6-2-1-3-7(8(6)12(13)14)16-9-11-4-5-15-9/h1-5H. The fraction of sp³-hybridized carbons (Fsp3) is 0. The summed E-state index contributed by atoms with van der Waals surface area (Å²) in [5.41, 5.74) is -0.0654. The molecule has 0 aliphatic rings. The monoisotopic (exact) mass is 272 g/mol. The van der Waals surface area contributed by atoms with E-state index in [1.54, 1.807) is 18.3 Å². The second-order valence-electron chi connectivity index (χ2n) is 2.74. The van der Waals surface area contributed by atoms with Gasteiger partial charge in [-0.05, 0) is 12.1 Å². The van der Waals surface area contributed by atoms with E-state index < -0.39 is 4.92 Å². The molecular weight excluding hydrogens is 268 g/mol. The predicted molar refractivity (Wildman–Crippen MR) is 64.3 cm³/mol. The van der Waals surface area contributed by atoms with Gasteiger partial charge in [0.2, 0.25) is 0 Å². The van der Waals surface area contributed by atoms with Gasteiger partial charge >= 0.3 is 5.69 Å². The van der Waals surface area contributed by atoms with E-state index in [1.807, 2.05) is 5.38 Å². The Morgan fingerprint density at radius 3 is 2.94 bits per heavy atom. The third-order valence-electron chi connectivity index (χ3n) is 1.74. The molecule has 0 fully saturated rings. The van der Waals surface area contributed by atoms with Crippen molar-refractivity contribution >= 4 is 40.4 Å². The topological polar surface area (TPSA) is 56.0 Å². The van der Waals surface area contributed by atoms with Crippen LogP contribution in [0.2, 0.25) is 5.02 Å². The van der Waals surface area contributed by atoms with Gasteiger partial charge in [0.25, 0.3) is 0 Å². The van der Waals surface area contributed by atoms with E-state index in [-0.39, 0.29) is 10.7 Å². The fourth-order valence-corrected chi connectivity index (χ4v) is 3.13. The molecule has 0 aliphatic heterocycles. The third-order valence-corrected chi connectivity index (χ3v) is 3.98. The maximum absolute atomic E-state index is 10.9. The van der Waals surface area contributed by atoms with Gasteiger partial charge in [0.1, 0.15) is 5.02 Å². The summed E-state index contributed by atoms with van der Waals surface area (Å²) in [6.07, 6.45) is 1.66. The molecule has 1 aromatic heterocycles. The van der Waals surface area contributed by atoms with E-state index >= 15 is 0 Å². The smallest absolute Gasteiger partial charge is 0.258 e. The Morgan fingerprint density at radius 1 is 1.50 bits per heavy atom. The van der Waals surface area contributed by atoms with Crippen molar-refractivity contribution in [3.05, 3.63) is 44.9 Å². The molecule has 0 atom stereocenters. The lowest BCUT2D eigenvalue weighted by molar-refractivity contribution is -0.387. The van der Waals surface area contributed by atoms with Gasteiger partial charge < -0.3 is 0 Å². The van der Waals surface area contributed by atoms with E-state index in [1.165, 1.54) is 29.2 Å². The number of halogens is 1. The van der Waals surface area contributed by atoms with E-state index in [4.69, 9.17) is 11.6 Å². The molecule has 0 spiro atoms. The van der Waals surface area contributed by atoms with Gasteiger partial charge in [0.15, 0.2) is 4.34 Å². The Balaban J connectivity index is 2.40. The van der Waals surface area contributed by atoms with E-state index in [9.17, 15) is 10.1 Å². The lowest BCUT2D eigenvalue weighted by atomic mass is 10.3. The first-order chi connectivity index (χ1) is 7.68. The van der Waals surface area contributed by atoms with Gasteiger partial charge in [-0.3, -0.25) is 10.1 Å². The summed E-state index contributed by atoms with van der Waals surface area (Å²) < 4.78 is 0.755. The van der Waals surface area contributed by atoms with E-state index in [0.29, 0.717) is 4.90 Å². The minimum absolute atomic E-state index is 0.0654.